The summed E-state index contributed by atoms with van der Waals surface area (Å²) in [6.07, 6.45) is 2.76. The normalized spacial score (nSPS) is 17.0. The van der Waals surface area contributed by atoms with E-state index in [-0.39, 0.29) is 35.0 Å². The lowest BCUT2D eigenvalue weighted by Gasteiger charge is -2.13. The third kappa shape index (κ3) is 9.60. The number of guanidine groups is 1. The minimum Gasteiger partial charge on any atom is -0.382 e. The lowest BCUT2D eigenvalue weighted by molar-refractivity contribution is 0.114. The molecule has 0 aliphatic carbocycles. The number of ether oxygens (including phenoxy) is 2. The molecular weight excluding hydrogens is 507 g/mol. The van der Waals surface area contributed by atoms with Crippen LogP contribution in [0.25, 0.3) is 0 Å². The van der Waals surface area contributed by atoms with Crippen LogP contribution in [0.5, 0.6) is 0 Å². The van der Waals surface area contributed by atoms with E-state index in [1.54, 1.807) is 31.3 Å². The minimum atomic E-state index is -3.52. The number of rotatable bonds is 11. The van der Waals surface area contributed by atoms with Gasteiger partial charge in [0.1, 0.15) is 0 Å². The molecule has 0 bridgehead atoms. The summed E-state index contributed by atoms with van der Waals surface area (Å²) in [5.74, 6) is 0.700. The highest BCUT2D eigenvalue weighted by Gasteiger charge is 2.20. The van der Waals surface area contributed by atoms with Crippen LogP contribution in [0.2, 0.25) is 0 Å². The summed E-state index contributed by atoms with van der Waals surface area (Å²) >= 11 is 0. The summed E-state index contributed by atoms with van der Waals surface area (Å²) < 4.78 is 38.2. The molecule has 8 nitrogen and oxygen atoms in total. The summed E-state index contributed by atoms with van der Waals surface area (Å²) in [7, 11) is -1.80. The molecule has 1 heterocycles. The van der Waals surface area contributed by atoms with Crippen LogP contribution < -0.4 is 15.4 Å². The summed E-state index contributed by atoms with van der Waals surface area (Å²) in [6.45, 7) is 5.77. The molecule has 0 radical (unpaired) electrons. The highest BCUT2D eigenvalue weighted by Crippen LogP contribution is 2.14. The predicted molar refractivity (Wildman–Crippen MR) is 125 cm³/mol. The van der Waals surface area contributed by atoms with Gasteiger partial charge in [-0.3, -0.25) is 4.99 Å². The molecule has 0 spiro atoms. The Bertz CT molecular complexity index is 707. The van der Waals surface area contributed by atoms with Gasteiger partial charge in [0.25, 0.3) is 0 Å². The number of hydrogen-bond acceptors (Lipinski definition) is 5. The zero-order valence-electron chi connectivity index (χ0n) is 17.1. The van der Waals surface area contributed by atoms with E-state index in [9.17, 15) is 8.42 Å². The highest BCUT2D eigenvalue weighted by atomic mass is 127. The van der Waals surface area contributed by atoms with Crippen LogP contribution in [-0.4, -0.2) is 60.4 Å². The Hall–Kier alpha value is -0.950. The summed E-state index contributed by atoms with van der Waals surface area (Å²) in [4.78, 5) is 4.43. The molecule has 0 aromatic heterocycles. The van der Waals surface area contributed by atoms with Gasteiger partial charge in [0, 0.05) is 46.5 Å². The van der Waals surface area contributed by atoms with E-state index in [1.807, 2.05) is 6.92 Å². The van der Waals surface area contributed by atoms with E-state index < -0.39 is 10.0 Å². The molecule has 1 aliphatic heterocycles. The Kier molecular flexibility index (Phi) is 12.7. The molecule has 1 unspecified atom stereocenters. The molecule has 10 heteroatoms. The lowest BCUT2D eigenvalue weighted by atomic mass is 10.2. The van der Waals surface area contributed by atoms with Crippen LogP contribution in [0, 0.1) is 0 Å². The Labute approximate surface area is 191 Å². The number of benzene rings is 1. The van der Waals surface area contributed by atoms with Crippen LogP contribution in [-0.2, 0) is 26.0 Å². The molecule has 2 rings (SSSR count). The Morgan fingerprint density at radius 2 is 2.03 bits per heavy atom. The third-order valence-corrected chi connectivity index (χ3v) is 5.84. The van der Waals surface area contributed by atoms with Crippen LogP contribution in [0.15, 0.2) is 34.2 Å². The van der Waals surface area contributed by atoms with Crippen LogP contribution >= 0.6 is 24.0 Å². The van der Waals surface area contributed by atoms with Crippen LogP contribution in [0.1, 0.15) is 31.7 Å². The van der Waals surface area contributed by atoms with Gasteiger partial charge in [-0.15, -0.1) is 24.0 Å². The van der Waals surface area contributed by atoms with Gasteiger partial charge >= 0.3 is 0 Å². The van der Waals surface area contributed by atoms with Crippen molar-refractivity contribution in [3.8, 4) is 0 Å². The molecule has 3 N–H and O–H groups in total. The van der Waals surface area contributed by atoms with Crippen LogP contribution in [0.4, 0.5) is 0 Å². The standard InChI is InChI=1S/C19H32N4O4S.HI/c1-3-26-12-5-11-21-19(20-2)22-14-16-7-9-18(10-8-16)28(24,25)23-15-17-6-4-13-27-17;/h7-10,17,23H,3-6,11-15H2,1-2H3,(H2,20,21,22);1H. The first kappa shape index (κ1) is 26.1. The van der Waals surface area contributed by atoms with Gasteiger partial charge in [-0.25, -0.2) is 13.1 Å². The molecule has 1 aromatic carbocycles. The fraction of sp³-hybridized carbons (Fsp3) is 0.632. The van der Waals surface area contributed by atoms with Gasteiger partial charge in [-0.1, -0.05) is 12.1 Å². The topological polar surface area (TPSA) is 101 Å². The average Bonchev–Trinajstić information content (AvgIpc) is 3.23. The zero-order valence-corrected chi connectivity index (χ0v) is 20.3. The molecule has 166 valence electrons. The molecule has 29 heavy (non-hydrogen) atoms. The van der Waals surface area contributed by atoms with Crippen molar-refractivity contribution in [1.82, 2.24) is 15.4 Å². The average molecular weight is 540 g/mol. The lowest BCUT2D eigenvalue weighted by Crippen LogP contribution is -2.37. The van der Waals surface area contributed by atoms with Crippen molar-refractivity contribution in [1.29, 1.82) is 0 Å². The number of hydrogen-bond donors (Lipinski definition) is 3. The Balaban J connectivity index is 0.00000420. The van der Waals surface area contributed by atoms with Crippen molar-refractivity contribution < 1.29 is 17.9 Å². The van der Waals surface area contributed by atoms with Gasteiger partial charge < -0.3 is 20.1 Å². The zero-order chi connectivity index (χ0) is 20.2. The van der Waals surface area contributed by atoms with Crippen molar-refractivity contribution in [3.05, 3.63) is 29.8 Å². The number of sulfonamides is 1. The summed E-state index contributed by atoms with van der Waals surface area (Å²) in [6, 6.07) is 6.84. The SMILES string of the molecule is CCOCCCNC(=NC)NCc1ccc(S(=O)(=O)NCC2CCCO2)cc1.I. The van der Waals surface area contributed by atoms with Gasteiger partial charge in [0.05, 0.1) is 11.0 Å². The maximum Gasteiger partial charge on any atom is 0.240 e. The first-order chi connectivity index (χ1) is 13.5. The number of halogens is 1. The first-order valence-electron chi connectivity index (χ1n) is 9.77. The number of aliphatic imine (C=N–C) groups is 1. The molecule has 0 saturated carbocycles. The quantitative estimate of drug-likeness (QED) is 0.172. The third-order valence-electron chi connectivity index (χ3n) is 4.40. The second-order valence-corrected chi connectivity index (χ2v) is 8.30. The van der Waals surface area contributed by atoms with Gasteiger partial charge in [-0.05, 0) is 43.9 Å². The number of nitrogens with zero attached hydrogens (tertiary/aromatic N) is 1. The smallest absolute Gasteiger partial charge is 0.240 e. The number of nitrogens with one attached hydrogen (secondary N) is 3. The van der Waals surface area contributed by atoms with E-state index in [4.69, 9.17) is 9.47 Å². The highest BCUT2D eigenvalue weighted by molar-refractivity contribution is 14.0. The fourth-order valence-electron chi connectivity index (χ4n) is 2.81. The fourth-order valence-corrected chi connectivity index (χ4v) is 3.88. The van der Waals surface area contributed by atoms with Gasteiger partial charge in [0.15, 0.2) is 5.96 Å². The molecule has 0 amide bonds. The minimum absolute atomic E-state index is 0. The predicted octanol–water partition coefficient (Wildman–Crippen LogP) is 1.85. The molecule has 1 saturated heterocycles. The van der Waals surface area contributed by atoms with Crippen molar-refractivity contribution >= 4 is 40.0 Å². The van der Waals surface area contributed by atoms with Gasteiger partial charge in [0.2, 0.25) is 10.0 Å². The van der Waals surface area contributed by atoms with Crippen LogP contribution in [0.3, 0.4) is 0 Å². The molecule has 1 fully saturated rings. The van der Waals surface area contributed by atoms with Crippen molar-refractivity contribution in [2.75, 3.05) is 40.0 Å². The van der Waals surface area contributed by atoms with E-state index >= 15 is 0 Å². The second kappa shape index (κ2) is 14.1. The van der Waals surface area contributed by atoms with E-state index in [0.29, 0.717) is 25.7 Å². The molecule has 1 atom stereocenters. The van der Waals surface area contributed by atoms with Crippen molar-refractivity contribution in [2.45, 2.75) is 43.7 Å². The largest absolute Gasteiger partial charge is 0.382 e. The Morgan fingerprint density at radius 1 is 1.28 bits per heavy atom. The van der Waals surface area contributed by atoms with Gasteiger partial charge in [-0.2, -0.15) is 0 Å². The van der Waals surface area contributed by atoms with E-state index in [1.165, 1.54) is 0 Å². The van der Waals surface area contributed by atoms with Crippen molar-refractivity contribution in [3.63, 3.8) is 0 Å². The maximum atomic E-state index is 12.4. The van der Waals surface area contributed by atoms with E-state index in [0.717, 1.165) is 44.6 Å². The first-order valence-corrected chi connectivity index (χ1v) is 11.3. The monoisotopic (exact) mass is 540 g/mol. The summed E-state index contributed by atoms with van der Waals surface area (Å²) in [5, 5.41) is 6.43. The second-order valence-electron chi connectivity index (χ2n) is 6.53. The van der Waals surface area contributed by atoms with E-state index in [2.05, 4.69) is 20.3 Å². The molecular formula is C19H33IN4O4S. The molecule has 1 aliphatic rings. The molecule has 1 aromatic rings. The van der Waals surface area contributed by atoms with Crippen molar-refractivity contribution in [2.24, 2.45) is 4.99 Å². The Morgan fingerprint density at radius 3 is 2.66 bits per heavy atom. The summed E-state index contributed by atoms with van der Waals surface area (Å²) in [5.41, 5.74) is 0.968. The maximum absolute atomic E-state index is 12.4.